The Balaban J connectivity index is 1.64. The summed E-state index contributed by atoms with van der Waals surface area (Å²) in [5.74, 6) is -1.54. The van der Waals surface area contributed by atoms with Gasteiger partial charge in [-0.1, -0.05) is 35.9 Å². The molecular formula is C22H17ClF3N3O3. The molecule has 32 heavy (non-hydrogen) atoms. The number of phenols is 1. The first-order chi connectivity index (χ1) is 15.0. The first kappa shape index (κ1) is 23.1. The first-order valence-electron chi connectivity index (χ1n) is 9.26. The Kier molecular flexibility index (Phi) is 6.69. The number of benzene rings is 3. The Morgan fingerprint density at radius 2 is 1.72 bits per heavy atom. The topological polar surface area (TPSA) is 90.8 Å². The highest BCUT2D eigenvalue weighted by Crippen LogP contribution is 2.36. The van der Waals surface area contributed by atoms with E-state index in [1.54, 1.807) is 24.3 Å². The molecule has 2 amide bonds. The third-order valence-electron chi connectivity index (χ3n) is 4.43. The van der Waals surface area contributed by atoms with Crippen molar-refractivity contribution in [3.8, 4) is 5.75 Å². The van der Waals surface area contributed by atoms with Crippen LogP contribution >= 0.6 is 11.6 Å². The van der Waals surface area contributed by atoms with Gasteiger partial charge in [0.15, 0.2) is 0 Å². The van der Waals surface area contributed by atoms with Crippen LogP contribution in [0.25, 0.3) is 10.8 Å². The molecule has 3 rings (SSSR count). The van der Waals surface area contributed by atoms with E-state index >= 15 is 0 Å². The van der Waals surface area contributed by atoms with Crippen LogP contribution in [-0.4, -0.2) is 22.6 Å². The normalized spacial score (nSPS) is 12.0. The lowest BCUT2D eigenvalue weighted by Gasteiger charge is -2.12. The predicted octanol–water partition coefficient (Wildman–Crippen LogP) is 5.35. The van der Waals surface area contributed by atoms with E-state index in [-0.39, 0.29) is 29.1 Å². The third kappa shape index (κ3) is 5.55. The van der Waals surface area contributed by atoms with Gasteiger partial charge in [0.2, 0.25) is 5.91 Å². The Morgan fingerprint density at radius 3 is 2.38 bits per heavy atom. The van der Waals surface area contributed by atoms with Crippen LogP contribution in [0.3, 0.4) is 0 Å². The average molecular weight is 464 g/mol. The molecule has 0 saturated heterocycles. The van der Waals surface area contributed by atoms with Crippen LogP contribution in [0.2, 0.25) is 5.02 Å². The van der Waals surface area contributed by atoms with Gasteiger partial charge in [-0.05, 0) is 48.0 Å². The number of anilines is 1. The quantitative estimate of drug-likeness (QED) is 0.352. The van der Waals surface area contributed by atoms with Gasteiger partial charge >= 0.3 is 6.18 Å². The molecule has 3 aromatic carbocycles. The molecule has 0 unspecified atom stereocenters. The molecule has 0 aliphatic heterocycles. The summed E-state index contributed by atoms with van der Waals surface area (Å²) >= 11 is 5.56. The summed E-state index contributed by atoms with van der Waals surface area (Å²) < 4.78 is 38.8. The maximum atomic E-state index is 12.9. The zero-order chi connectivity index (χ0) is 23.5. The van der Waals surface area contributed by atoms with Crippen molar-refractivity contribution in [1.29, 1.82) is 0 Å². The Hall–Kier alpha value is -3.59. The minimum Gasteiger partial charge on any atom is -0.507 e. The van der Waals surface area contributed by atoms with Crippen LogP contribution < -0.4 is 10.7 Å². The summed E-state index contributed by atoms with van der Waals surface area (Å²) in [5, 5.41) is 17.3. The summed E-state index contributed by atoms with van der Waals surface area (Å²) in [7, 11) is 0. The number of hydrogen-bond donors (Lipinski definition) is 3. The minimum atomic E-state index is -4.66. The van der Waals surface area contributed by atoms with Crippen LogP contribution in [0.4, 0.5) is 18.9 Å². The van der Waals surface area contributed by atoms with Crippen LogP contribution in [0.1, 0.15) is 29.3 Å². The minimum absolute atomic E-state index is 0.00514. The smallest absolute Gasteiger partial charge is 0.417 e. The van der Waals surface area contributed by atoms with Gasteiger partial charge in [-0.25, -0.2) is 5.43 Å². The second-order valence-corrected chi connectivity index (χ2v) is 7.33. The number of aromatic hydroxyl groups is 1. The van der Waals surface area contributed by atoms with Crippen molar-refractivity contribution >= 4 is 45.6 Å². The lowest BCUT2D eigenvalue weighted by molar-refractivity contribution is -0.137. The monoisotopic (exact) mass is 463 g/mol. The Bertz CT molecular complexity index is 1230. The van der Waals surface area contributed by atoms with E-state index in [0.717, 1.165) is 22.9 Å². The molecule has 6 nitrogen and oxygen atoms in total. The number of hydrazone groups is 1. The van der Waals surface area contributed by atoms with Gasteiger partial charge in [0.05, 0.1) is 22.6 Å². The van der Waals surface area contributed by atoms with Crippen LogP contribution in [0, 0.1) is 0 Å². The van der Waals surface area contributed by atoms with Crippen molar-refractivity contribution < 1.29 is 27.9 Å². The molecule has 0 heterocycles. The second kappa shape index (κ2) is 9.27. The SMILES string of the molecule is C/C(CC(=O)Nc1ccc(Cl)c(C(F)(F)F)c1)=N/NC(=O)c1cc2ccccc2cc1O. The highest BCUT2D eigenvalue weighted by Gasteiger charge is 2.33. The standard InChI is InChI=1S/C22H17ClF3N3O3/c1-12(8-20(31)27-15-6-7-18(23)17(11-15)22(24,25)26)28-29-21(32)16-9-13-4-2-3-5-14(13)10-19(16)30/h2-7,9-11,30H,8H2,1H3,(H,27,31)(H,29,32)/b28-12-. The second-order valence-electron chi connectivity index (χ2n) is 6.92. The number of carbonyl (C=O) groups excluding carboxylic acids is 2. The van der Waals surface area contributed by atoms with E-state index in [1.807, 2.05) is 0 Å². The van der Waals surface area contributed by atoms with Gasteiger partial charge < -0.3 is 10.4 Å². The van der Waals surface area contributed by atoms with Gasteiger partial charge in [0.1, 0.15) is 5.75 Å². The van der Waals surface area contributed by atoms with Crippen LogP contribution in [-0.2, 0) is 11.0 Å². The molecule has 0 aliphatic rings. The fourth-order valence-electron chi connectivity index (χ4n) is 2.91. The number of amides is 2. The zero-order valence-electron chi connectivity index (χ0n) is 16.6. The number of phenolic OH excluding ortho intramolecular Hbond substituents is 1. The molecule has 0 saturated carbocycles. The van der Waals surface area contributed by atoms with E-state index < -0.39 is 28.6 Å². The molecular weight excluding hydrogens is 447 g/mol. The largest absolute Gasteiger partial charge is 0.507 e. The number of hydrogen-bond acceptors (Lipinski definition) is 4. The molecule has 0 atom stereocenters. The number of nitrogens with zero attached hydrogens (tertiary/aromatic N) is 1. The van der Waals surface area contributed by atoms with Crippen LogP contribution in [0.5, 0.6) is 5.75 Å². The average Bonchev–Trinajstić information content (AvgIpc) is 2.72. The maximum Gasteiger partial charge on any atom is 0.417 e. The van der Waals surface area contributed by atoms with Crippen molar-refractivity contribution in [1.82, 2.24) is 5.43 Å². The lowest BCUT2D eigenvalue weighted by Crippen LogP contribution is -2.21. The number of halogens is 4. The molecule has 10 heteroatoms. The number of alkyl halides is 3. The van der Waals surface area contributed by atoms with Crippen molar-refractivity contribution in [3.05, 3.63) is 70.7 Å². The summed E-state index contributed by atoms with van der Waals surface area (Å²) in [6.45, 7) is 1.46. The lowest BCUT2D eigenvalue weighted by atomic mass is 10.1. The number of rotatable bonds is 5. The van der Waals surface area contributed by atoms with Crippen molar-refractivity contribution in [3.63, 3.8) is 0 Å². The van der Waals surface area contributed by atoms with E-state index in [4.69, 9.17) is 11.6 Å². The number of fused-ring (bicyclic) bond motifs is 1. The summed E-state index contributed by atoms with van der Waals surface area (Å²) in [6.07, 6.45) is -4.94. The van der Waals surface area contributed by atoms with Gasteiger partial charge in [0.25, 0.3) is 5.91 Å². The van der Waals surface area contributed by atoms with Crippen LogP contribution in [0.15, 0.2) is 59.7 Å². The van der Waals surface area contributed by atoms with E-state index in [2.05, 4.69) is 15.8 Å². The highest BCUT2D eigenvalue weighted by molar-refractivity contribution is 6.31. The van der Waals surface area contributed by atoms with Crippen molar-refractivity contribution in [2.45, 2.75) is 19.5 Å². The predicted molar refractivity (Wildman–Crippen MR) is 116 cm³/mol. The van der Waals surface area contributed by atoms with Gasteiger partial charge in [-0.3, -0.25) is 9.59 Å². The molecule has 0 bridgehead atoms. The number of carbonyl (C=O) groups is 2. The van der Waals surface area contributed by atoms with E-state index in [0.29, 0.717) is 0 Å². The van der Waals surface area contributed by atoms with Crippen molar-refractivity contribution in [2.24, 2.45) is 5.10 Å². The third-order valence-corrected chi connectivity index (χ3v) is 4.76. The van der Waals surface area contributed by atoms with Gasteiger partial charge in [-0.2, -0.15) is 18.3 Å². The van der Waals surface area contributed by atoms with Gasteiger partial charge in [-0.15, -0.1) is 0 Å². The summed E-state index contributed by atoms with van der Waals surface area (Å²) in [4.78, 5) is 24.5. The van der Waals surface area contributed by atoms with Crippen molar-refractivity contribution in [2.75, 3.05) is 5.32 Å². The Labute approximate surface area is 185 Å². The van der Waals surface area contributed by atoms with E-state index in [1.165, 1.54) is 25.1 Å². The molecule has 166 valence electrons. The highest BCUT2D eigenvalue weighted by atomic mass is 35.5. The van der Waals surface area contributed by atoms with E-state index in [9.17, 15) is 27.9 Å². The molecule has 3 aromatic rings. The Morgan fingerprint density at radius 1 is 1.06 bits per heavy atom. The molecule has 0 aliphatic carbocycles. The maximum absolute atomic E-state index is 12.9. The molecule has 0 spiro atoms. The summed E-state index contributed by atoms with van der Waals surface area (Å²) in [5.41, 5.74) is 1.31. The molecule has 0 aromatic heterocycles. The fraction of sp³-hybridized carbons (Fsp3) is 0.136. The summed E-state index contributed by atoms with van der Waals surface area (Å²) in [6, 6.07) is 13.1. The first-order valence-corrected chi connectivity index (χ1v) is 9.64. The molecule has 0 radical (unpaired) electrons. The van der Waals surface area contributed by atoms with Gasteiger partial charge in [0, 0.05) is 11.4 Å². The fourth-order valence-corrected chi connectivity index (χ4v) is 3.14. The molecule has 3 N–H and O–H groups in total. The molecule has 0 fully saturated rings. The zero-order valence-corrected chi connectivity index (χ0v) is 17.4. The number of nitrogens with one attached hydrogen (secondary N) is 2.